The molecule has 4 nitrogen and oxygen atoms in total. The molecule has 0 amide bonds. The summed E-state index contributed by atoms with van der Waals surface area (Å²) >= 11 is 0. The van der Waals surface area contributed by atoms with Gasteiger partial charge >= 0.3 is 5.97 Å². The summed E-state index contributed by atoms with van der Waals surface area (Å²) in [6.45, 7) is 0.821. The van der Waals surface area contributed by atoms with E-state index in [1.165, 1.54) is 0 Å². The van der Waals surface area contributed by atoms with Crippen LogP contribution >= 0.6 is 0 Å². The molecular weight excluding hydrogens is 156 g/mol. The van der Waals surface area contributed by atoms with Crippen molar-refractivity contribution >= 4 is 5.97 Å². The standard InChI is InChI=1S/C8H16N2O2/c1-10(2)6-4-3-5-9-7(6)8(11)12/h6-7,9H,3-5H2,1-2H3,(H,11,12). The number of nitrogens with one attached hydrogen (secondary N) is 1. The average molecular weight is 172 g/mol. The first-order chi connectivity index (χ1) is 5.63. The van der Waals surface area contributed by atoms with Crippen LogP contribution in [0.5, 0.6) is 0 Å². The molecule has 1 rings (SSSR count). The van der Waals surface area contributed by atoms with Crippen LogP contribution in [0, 0.1) is 0 Å². The molecule has 0 radical (unpaired) electrons. The number of carbonyl (C=O) groups is 1. The molecule has 0 aromatic heterocycles. The molecule has 4 heteroatoms. The van der Waals surface area contributed by atoms with E-state index in [4.69, 9.17) is 5.11 Å². The second-order valence-electron chi connectivity index (χ2n) is 3.44. The first-order valence-electron chi connectivity index (χ1n) is 4.25. The van der Waals surface area contributed by atoms with Crippen molar-refractivity contribution in [2.45, 2.75) is 24.9 Å². The van der Waals surface area contributed by atoms with Gasteiger partial charge in [-0.05, 0) is 33.5 Å². The van der Waals surface area contributed by atoms with Crippen molar-refractivity contribution in [3.05, 3.63) is 0 Å². The molecule has 70 valence electrons. The van der Waals surface area contributed by atoms with Crippen molar-refractivity contribution in [1.82, 2.24) is 10.2 Å². The fourth-order valence-electron chi connectivity index (χ4n) is 1.68. The molecule has 2 unspecified atom stereocenters. The predicted octanol–water partition coefficient (Wildman–Crippen LogP) is -0.247. The predicted molar refractivity (Wildman–Crippen MR) is 46.1 cm³/mol. The number of aliphatic carboxylic acids is 1. The number of nitrogens with zero attached hydrogens (tertiary/aromatic N) is 1. The summed E-state index contributed by atoms with van der Waals surface area (Å²) in [6, 6.07) is -0.259. The van der Waals surface area contributed by atoms with Crippen molar-refractivity contribution in [2.75, 3.05) is 20.6 Å². The summed E-state index contributed by atoms with van der Waals surface area (Å²) in [6.07, 6.45) is 2.03. The Morgan fingerprint density at radius 2 is 2.25 bits per heavy atom. The summed E-state index contributed by atoms with van der Waals surface area (Å²) in [5, 5.41) is 11.9. The third-order valence-corrected chi connectivity index (χ3v) is 2.36. The Morgan fingerprint density at radius 1 is 1.58 bits per heavy atom. The first-order valence-corrected chi connectivity index (χ1v) is 4.25. The second kappa shape index (κ2) is 3.87. The minimum atomic E-state index is -0.742. The molecule has 2 atom stereocenters. The number of likely N-dealkylation sites (N-methyl/N-ethyl adjacent to an activating group) is 1. The van der Waals surface area contributed by atoms with Gasteiger partial charge in [-0.15, -0.1) is 0 Å². The van der Waals surface area contributed by atoms with Crippen LogP contribution in [-0.4, -0.2) is 48.7 Å². The zero-order chi connectivity index (χ0) is 9.14. The van der Waals surface area contributed by atoms with E-state index in [1.807, 2.05) is 19.0 Å². The molecule has 0 aromatic carbocycles. The van der Waals surface area contributed by atoms with Gasteiger partial charge in [0.15, 0.2) is 0 Å². The van der Waals surface area contributed by atoms with Crippen molar-refractivity contribution in [2.24, 2.45) is 0 Å². The van der Waals surface area contributed by atoms with Crippen LogP contribution in [0.25, 0.3) is 0 Å². The van der Waals surface area contributed by atoms with Crippen LogP contribution in [0.4, 0.5) is 0 Å². The maximum atomic E-state index is 10.8. The van der Waals surface area contributed by atoms with Crippen LogP contribution in [0.2, 0.25) is 0 Å². The lowest BCUT2D eigenvalue weighted by Crippen LogP contribution is -2.55. The van der Waals surface area contributed by atoms with Crippen LogP contribution in [-0.2, 0) is 4.79 Å². The summed E-state index contributed by atoms with van der Waals surface area (Å²) in [7, 11) is 3.85. The first kappa shape index (κ1) is 9.48. The van der Waals surface area contributed by atoms with E-state index in [9.17, 15) is 4.79 Å². The number of carboxylic acid groups (broad SMARTS) is 1. The molecule has 0 aliphatic carbocycles. The van der Waals surface area contributed by atoms with Crippen molar-refractivity contribution in [3.63, 3.8) is 0 Å². The maximum Gasteiger partial charge on any atom is 0.322 e. The lowest BCUT2D eigenvalue weighted by atomic mass is 9.98. The van der Waals surface area contributed by atoms with E-state index < -0.39 is 12.0 Å². The Kier molecular flexibility index (Phi) is 3.05. The quantitative estimate of drug-likeness (QED) is 0.603. The van der Waals surface area contributed by atoms with E-state index in [1.54, 1.807) is 0 Å². The second-order valence-corrected chi connectivity index (χ2v) is 3.44. The highest BCUT2D eigenvalue weighted by atomic mass is 16.4. The summed E-state index contributed by atoms with van der Waals surface area (Å²) in [5.41, 5.74) is 0. The largest absolute Gasteiger partial charge is 0.480 e. The molecule has 1 heterocycles. The Bertz CT molecular complexity index is 170. The molecule has 1 fully saturated rings. The van der Waals surface area contributed by atoms with Gasteiger partial charge in [0.2, 0.25) is 0 Å². The molecule has 1 saturated heterocycles. The topological polar surface area (TPSA) is 52.6 Å². The monoisotopic (exact) mass is 172 g/mol. The van der Waals surface area contributed by atoms with Crippen LogP contribution < -0.4 is 5.32 Å². The Labute approximate surface area is 72.6 Å². The van der Waals surface area contributed by atoms with Gasteiger partial charge in [0.25, 0.3) is 0 Å². The average Bonchev–Trinajstić information content (AvgIpc) is 2.04. The molecule has 0 saturated carbocycles. The molecule has 12 heavy (non-hydrogen) atoms. The number of carboxylic acids is 1. The van der Waals surface area contributed by atoms with Gasteiger partial charge in [-0.3, -0.25) is 4.79 Å². The van der Waals surface area contributed by atoms with Crippen LogP contribution in [0.15, 0.2) is 0 Å². The van der Waals surface area contributed by atoms with E-state index in [-0.39, 0.29) is 6.04 Å². The highest BCUT2D eigenvalue weighted by Crippen LogP contribution is 2.13. The molecule has 1 aliphatic rings. The van der Waals surface area contributed by atoms with Gasteiger partial charge in [-0.25, -0.2) is 0 Å². The molecular formula is C8H16N2O2. The number of rotatable bonds is 2. The van der Waals surface area contributed by atoms with Crippen molar-refractivity contribution < 1.29 is 9.90 Å². The third-order valence-electron chi connectivity index (χ3n) is 2.36. The minimum absolute atomic E-state index is 0.135. The Hall–Kier alpha value is -0.610. The van der Waals surface area contributed by atoms with Gasteiger partial charge in [0, 0.05) is 6.04 Å². The summed E-state index contributed by atoms with van der Waals surface area (Å²) in [5.74, 6) is -0.742. The van der Waals surface area contributed by atoms with E-state index >= 15 is 0 Å². The lowest BCUT2D eigenvalue weighted by Gasteiger charge is -2.34. The Balaban J connectivity index is 2.60. The zero-order valence-electron chi connectivity index (χ0n) is 7.58. The maximum absolute atomic E-state index is 10.8. The summed E-state index contributed by atoms with van der Waals surface area (Å²) in [4.78, 5) is 12.8. The SMILES string of the molecule is CN(C)C1CCCNC1C(=O)O. The third kappa shape index (κ3) is 1.95. The van der Waals surface area contributed by atoms with Gasteiger partial charge in [-0.1, -0.05) is 0 Å². The summed E-state index contributed by atoms with van der Waals surface area (Å²) < 4.78 is 0. The zero-order valence-corrected chi connectivity index (χ0v) is 7.58. The van der Waals surface area contributed by atoms with Gasteiger partial charge in [0.05, 0.1) is 0 Å². The minimum Gasteiger partial charge on any atom is -0.480 e. The van der Waals surface area contributed by atoms with E-state index in [0.29, 0.717) is 0 Å². The molecule has 0 spiro atoms. The van der Waals surface area contributed by atoms with Crippen LogP contribution in [0.3, 0.4) is 0 Å². The van der Waals surface area contributed by atoms with Gasteiger partial charge in [0.1, 0.15) is 6.04 Å². The van der Waals surface area contributed by atoms with Crippen molar-refractivity contribution in [3.8, 4) is 0 Å². The number of hydrogen-bond donors (Lipinski definition) is 2. The van der Waals surface area contributed by atoms with E-state index in [2.05, 4.69) is 5.32 Å². The number of hydrogen-bond acceptors (Lipinski definition) is 3. The Morgan fingerprint density at radius 3 is 2.67 bits per heavy atom. The lowest BCUT2D eigenvalue weighted by molar-refractivity contribution is -0.141. The fraction of sp³-hybridized carbons (Fsp3) is 0.875. The van der Waals surface area contributed by atoms with Crippen LogP contribution in [0.1, 0.15) is 12.8 Å². The fourth-order valence-corrected chi connectivity index (χ4v) is 1.68. The van der Waals surface area contributed by atoms with Crippen molar-refractivity contribution in [1.29, 1.82) is 0 Å². The number of piperidine rings is 1. The molecule has 0 bridgehead atoms. The molecule has 2 N–H and O–H groups in total. The van der Waals surface area contributed by atoms with E-state index in [0.717, 1.165) is 19.4 Å². The normalized spacial score (nSPS) is 30.6. The molecule has 1 aliphatic heterocycles. The smallest absolute Gasteiger partial charge is 0.322 e. The highest BCUT2D eigenvalue weighted by molar-refractivity contribution is 5.74. The van der Waals surface area contributed by atoms with Gasteiger partial charge in [-0.2, -0.15) is 0 Å². The van der Waals surface area contributed by atoms with Gasteiger partial charge < -0.3 is 15.3 Å². The molecule has 0 aromatic rings. The highest BCUT2D eigenvalue weighted by Gasteiger charge is 2.31.